The second-order valence-electron chi connectivity index (χ2n) is 5.31. The van der Waals surface area contributed by atoms with E-state index in [1.54, 1.807) is 0 Å². The molecule has 0 aromatic heterocycles. The van der Waals surface area contributed by atoms with E-state index in [2.05, 4.69) is 10.0 Å². The Morgan fingerprint density at radius 2 is 2.17 bits per heavy atom. The van der Waals surface area contributed by atoms with E-state index in [-0.39, 0.29) is 31.0 Å². The van der Waals surface area contributed by atoms with Crippen LogP contribution in [0.25, 0.3) is 10.4 Å². The van der Waals surface area contributed by atoms with E-state index in [0.717, 1.165) is 0 Å². The van der Waals surface area contributed by atoms with Crippen LogP contribution < -0.4 is 0 Å². The van der Waals surface area contributed by atoms with E-state index in [1.807, 2.05) is 20.8 Å². The molecule has 5 atom stereocenters. The zero-order valence-corrected chi connectivity index (χ0v) is 10.8. The summed E-state index contributed by atoms with van der Waals surface area (Å²) in [5, 5.41) is 13.0. The Morgan fingerprint density at radius 3 is 2.78 bits per heavy atom. The molecule has 0 aromatic rings. The van der Waals surface area contributed by atoms with Crippen LogP contribution in [0.2, 0.25) is 0 Å². The summed E-state index contributed by atoms with van der Waals surface area (Å²) in [7, 11) is 0. The highest BCUT2D eigenvalue weighted by Crippen LogP contribution is 2.41. The minimum atomic E-state index is -0.694. The van der Waals surface area contributed by atoms with Gasteiger partial charge >= 0.3 is 0 Å². The quantitative estimate of drug-likeness (QED) is 0.469. The van der Waals surface area contributed by atoms with Crippen molar-refractivity contribution in [1.82, 2.24) is 0 Å². The Labute approximate surface area is 106 Å². The standard InChI is InChI=1S/C11H19N3O4/c1-6-8(4-7(15)5-13-14-12)16-10-9(6)17-11(2,3)18-10/h6-10,15H,4-5H2,1-3H3/t6-,7-,8+,9+,10+/m0/s1. The predicted octanol–water partition coefficient (Wildman–Crippen LogP) is 1.56. The van der Waals surface area contributed by atoms with Gasteiger partial charge in [-0.2, -0.15) is 0 Å². The predicted molar refractivity (Wildman–Crippen MR) is 62.5 cm³/mol. The van der Waals surface area contributed by atoms with Crippen LogP contribution in [0.4, 0.5) is 0 Å². The normalized spacial score (nSPS) is 39.1. The number of fused-ring (bicyclic) bond motifs is 1. The maximum atomic E-state index is 9.70. The van der Waals surface area contributed by atoms with Crippen molar-refractivity contribution in [2.24, 2.45) is 11.0 Å². The molecule has 102 valence electrons. The zero-order chi connectivity index (χ0) is 13.3. The average Bonchev–Trinajstić information content (AvgIpc) is 2.71. The van der Waals surface area contributed by atoms with Crippen LogP contribution in [0, 0.1) is 5.92 Å². The smallest absolute Gasteiger partial charge is 0.187 e. The molecular formula is C11H19N3O4. The molecule has 0 spiro atoms. The van der Waals surface area contributed by atoms with Crippen molar-refractivity contribution in [3.63, 3.8) is 0 Å². The topological polar surface area (TPSA) is 96.7 Å². The number of aliphatic hydroxyl groups is 1. The largest absolute Gasteiger partial charge is 0.393 e. The van der Waals surface area contributed by atoms with E-state index < -0.39 is 11.9 Å². The lowest BCUT2D eigenvalue weighted by Gasteiger charge is -2.24. The first kappa shape index (κ1) is 13.6. The number of ether oxygens (including phenoxy) is 3. The highest BCUT2D eigenvalue weighted by Gasteiger charge is 2.52. The van der Waals surface area contributed by atoms with Gasteiger partial charge in [0.1, 0.15) is 6.10 Å². The van der Waals surface area contributed by atoms with Crippen LogP contribution in [-0.2, 0) is 14.2 Å². The Kier molecular flexibility index (Phi) is 3.79. The van der Waals surface area contributed by atoms with Crippen LogP contribution in [0.5, 0.6) is 0 Å². The zero-order valence-electron chi connectivity index (χ0n) is 10.8. The summed E-state index contributed by atoms with van der Waals surface area (Å²) in [5.41, 5.74) is 8.19. The van der Waals surface area contributed by atoms with Gasteiger partial charge in [0, 0.05) is 17.3 Å². The first-order chi connectivity index (χ1) is 8.43. The molecule has 2 aliphatic rings. The summed E-state index contributed by atoms with van der Waals surface area (Å²) in [6, 6.07) is 0. The highest BCUT2D eigenvalue weighted by molar-refractivity contribution is 4.91. The molecule has 7 nitrogen and oxygen atoms in total. The minimum Gasteiger partial charge on any atom is -0.393 e. The van der Waals surface area contributed by atoms with E-state index in [0.29, 0.717) is 6.42 Å². The van der Waals surface area contributed by atoms with E-state index >= 15 is 0 Å². The molecule has 2 rings (SSSR count). The Hall–Kier alpha value is -0.850. The van der Waals surface area contributed by atoms with Gasteiger partial charge < -0.3 is 19.3 Å². The van der Waals surface area contributed by atoms with Gasteiger partial charge in [-0.3, -0.25) is 0 Å². The Balaban J connectivity index is 1.89. The number of hydrogen-bond donors (Lipinski definition) is 1. The minimum absolute atomic E-state index is 0.0611. The third-order valence-electron chi connectivity index (χ3n) is 3.36. The van der Waals surface area contributed by atoms with E-state index in [4.69, 9.17) is 19.7 Å². The molecule has 2 fully saturated rings. The van der Waals surface area contributed by atoms with Gasteiger partial charge in [-0.05, 0) is 19.4 Å². The molecule has 18 heavy (non-hydrogen) atoms. The molecule has 0 amide bonds. The summed E-state index contributed by atoms with van der Waals surface area (Å²) in [6.45, 7) is 5.78. The molecular weight excluding hydrogens is 238 g/mol. The number of azide groups is 1. The number of nitrogens with zero attached hydrogens (tertiary/aromatic N) is 3. The van der Waals surface area contributed by atoms with Crippen LogP contribution in [0.1, 0.15) is 27.2 Å². The molecule has 0 aromatic carbocycles. The summed E-state index contributed by atoms with van der Waals surface area (Å²) in [6.07, 6.45) is -0.885. The van der Waals surface area contributed by atoms with Gasteiger partial charge in [0.15, 0.2) is 12.1 Å². The van der Waals surface area contributed by atoms with Crippen LogP contribution in [-0.4, -0.2) is 42.0 Å². The number of aliphatic hydroxyl groups excluding tert-OH is 1. The lowest BCUT2D eigenvalue weighted by molar-refractivity contribution is -0.211. The van der Waals surface area contributed by atoms with Crippen molar-refractivity contribution < 1.29 is 19.3 Å². The molecule has 2 saturated heterocycles. The summed E-state index contributed by atoms with van der Waals surface area (Å²) in [5.74, 6) is -0.476. The molecule has 7 heteroatoms. The van der Waals surface area contributed by atoms with Crippen molar-refractivity contribution in [2.45, 2.75) is 57.6 Å². The third kappa shape index (κ3) is 2.76. The second kappa shape index (κ2) is 5.03. The van der Waals surface area contributed by atoms with Gasteiger partial charge in [-0.25, -0.2) is 0 Å². The monoisotopic (exact) mass is 257 g/mol. The molecule has 0 radical (unpaired) electrons. The van der Waals surface area contributed by atoms with Gasteiger partial charge in [0.2, 0.25) is 0 Å². The molecule has 2 aliphatic heterocycles. The van der Waals surface area contributed by atoms with Gasteiger partial charge in [-0.15, -0.1) is 0 Å². The summed E-state index contributed by atoms with van der Waals surface area (Å²) in [4.78, 5) is 2.62. The van der Waals surface area contributed by atoms with Crippen molar-refractivity contribution in [3.8, 4) is 0 Å². The fourth-order valence-corrected chi connectivity index (χ4v) is 2.47. The fourth-order valence-electron chi connectivity index (χ4n) is 2.47. The molecule has 0 aliphatic carbocycles. The molecule has 0 bridgehead atoms. The van der Waals surface area contributed by atoms with E-state index in [1.165, 1.54) is 0 Å². The lowest BCUT2D eigenvalue weighted by atomic mass is 9.96. The molecule has 2 heterocycles. The molecule has 0 saturated carbocycles. The van der Waals surface area contributed by atoms with Gasteiger partial charge in [-0.1, -0.05) is 12.0 Å². The summed E-state index contributed by atoms with van der Waals surface area (Å²) >= 11 is 0. The van der Waals surface area contributed by atoms with Crippen molar-refractivity contribution in [3.05, 3.63) is 10.4 Å². The Bertz CT molecular complexity index is 356. The maximum Gasteiger partial charge on any atom is 0.187 e. The molecule has 0 unspecified atom stereocenters. The SMILES string of the molecule is C[C@@H]1[C@H]2OC(C)(C)O[C@H]2O[C@@H]1C[C@H](O)CN=[N+]=[N-]. The first-order valence-electron chi connectivity index (χ1n) is 6.13. The van der Waals surface area contributed by atoms with E-state index in [9.17, 15) is 5.11 Å². The molecule has 1 N–H and O–H groups in total. The first-order valence-corrected chi connectivity index (χ1v) is 6.13. The van der Waals surface area contributed by atoms with Crippen molar-refractivity contribution >= 4 is 0 Å². The average molecular weight is 257 g/mol. The third-order valence-corrected chi connectivity index (χ3v) is 3.36. The highest BCUT2D eigenvalue weighted by atomic mass is 16.8. The maximum absolute atomic E-state index is 9.70. The second-order valence-corrected chi connectivity index (χ2v) is 5.31. The van der Waals surface area contributed by atoms with Crippen LogP contribution in [0.3, 0.4) is 0 Å². The van der Waals surface area contributed by atoms with Gasteiger partial charge in [0.05, 0.1) is 18.8 Å². The summed E-state index contributed by atoms with van der Waals surface area (Å²) < 4.78 is 17.1. The van der Waals surface area contributed by atoms with Crippen LogP contribution >= 0.6 is 0 Å². The van der Waals surface area contributed by atoms with Gasteiger partial charge in [0.25, 0.3) is 0 Å². The lowest BCUT2D eigenvalue weighted by Crippen LogP contribution is -2.31. The number of hydrogen-bond acceptors (Lipinski definition) is 5. The van der Waals surface area contributed by atoms with Crippen molar-refractivity contribution in [1.29, 1.82) is 0 Å². The van der Waals surface area contributed by atoms with Crippen molar-refractivity contribution in [2.75, 3.05) is 6.54 Å². The fraction of sp³-hybridized carbons (Fsp3) is 1.00. The number of rotatable bonds is 4. The van der Waals surface area contributed by atoms with Crippen LogP contribution in [0.15, 0.2) is 5.11 Å². The Morgan fingerprint density at radius 1 is 1.44 bits per heavy atom.